The van der Waals surface area contributed by atoms with Crippen LogP contribution in [-0.2, 0) is 20.0 Å². The van der Waals surface area contributed by atoms with Gasteiger partial charge in [-0.3, -0.25) is 14.3 Å². The third-order valence-electron chi connectivity index (χ3n) is 4.72. The highest BCUT2D eigenvalue weighted by atomic mass is 19.1. The van der Waals surface area contributed by atoms with Crippen LogP contribution in [0.25, 0.3) is 11.2 Å². The predicted octanol–water partition coefficient (Wildman–Crippen LogP) is 2.25. The van der Waals surface area contributed by atoms with Gasteiger partial charge in [-0.25, -0.2) is 14.6 Å². The van der Waals surface area contributed by atoms with E-state index in [1.807, 2.05) is 30.3 Å². The second-order valence-corrected chi connectivity index (χ2v) is 6.73. The number of rotatable bonds is 6. The van der Waals surface area contributed by atoms with Crippen LogP contribution in [0.5, 0.6) is 0 Å². The molecule has 4 rings (SSSR count). The summed E-state index contributed by atoms with van der Waals surface area (Å²) < 4.78 is 16.0. The topological polar surface area (TPSA) is 97.1 Å². The fraction of sp³-hybridized carbons (Fsp3) is 0.143. The first-order valence-electron chi connectivity index (χ1n) is 9.31. The van der Waals surface area contributed by atoms with Crippen LogP contribution in [0.1, 0.15) is 11.1 Å². The lowest BCUT2D eigenvalue weighted by Gasteiger charge is -2.08. The Balaban J connectivity index is 1.70. The van der Waals surface area contributed by atoms with Crippen LogP contribution in [0.4, 0.5) is 10.3 Å². The summed E-state index contributed by atoms with van der Waals surface area (Å²) in [6.07, 6.45) is 2.18. The van der Waals surface area contributed by atoms with E-state index >= 15 is 0 Å². The van der Waals surface area contributed by atoms with E-state index in [1.165, 1.54) is 22.9 Å². The maximum atomic E-state index is 13.0. The van der Waals surface area contributed by atoms with E-state index in [9.17, 15) is 14.0 Å². The molecule has 0 saturated carbocycles. The molecule has 2 aromatic carbocycles. The zero-order valence-electron chi connectivity index (χ0n) is 16.2. The van der Waals surface area contributed by atoms with Crippen LogP contribution >= 0.6 is 0 Å². The molecule has 0 radical (unpaired) electrons. The molecule has 0 bridgehead atoms. The fourth-order valence-electron chi connectivity index (χ4n) is 3.14. The molecule has 30 heavy (non-hydrogen) atoms. The quantitative estimate of drug-likeness (QED) is 0.379. The van der Waals surface area contributed by atoms with Gasteiger partial charge in [-0.05, 0) is 29.7 Å². The summed E-state index contributed by atoms with van der Waals surface area (Å²) >= 11 is 0. The van der Waals surface area contributed by atoms with Crippen molar-refractivity contribution in [1.82, 2.24) is 19.1 Å². The number of aryl methyl sites for hydroxylation is 3. The molecule has 4 aromatic rings. The third-order valence-corrected chi connectivity index (χ3v) is 4.72. The molecule has 0 amide bonds. The summed E-state index contributed by atoms with van der Waals surface area (Å²) in [7, 11) is 1.54. The van der Waals surface area contributed by atoms with Crippen molar-refractivity contribution in [2.24, 2.45) is 12.1 Å². The van der Waals surface area contributed by atoms with Crippen molar-refractivity contribution in [2.75, 3.05) is 5.43 Å². The molecule has 0 unspecified atom stereocenters. The van der Waals surface area contributed by atoms with Gasteiger partial charge in [0, 0.05) is 13.6 Å². The summed E-state index contributed by atoms with van der Waals surface area (Å²) in [5, 5.41) is 4.15. The van der Waals surface area contributed by atoms with Crippen molar-refractivity contribution in [3.63, 3.8) is 0 Å². The van der Waals surface area contributed by atoms with E-state index in [0.717, 1.165) is 5.56 Å². The zero-order chi connectivity index (χ0) is 21.1. The molecule has 0 atom stereocenters. The second kappa shape index (κ2) is 8.16. The molecule has 2 N–H and O–H groups in total. The van der Waals surface area contributed by atoms with Crippen molar-refractivity contribution in [3.05, 3.63) is 92.4 Å². The summed E-state index contributed by atoms with van der Waals surface area (Å²) in [4.78, 5) is 31.2. The Hall–Kier alpha value is -4.01. The van der Waals surface area contributed by atoms with E-state index in [0.29, 0.717) is 24.5 Å². The number of aromatic nitrogens is 4. The molecule has 0 spiro atoms. The number of nitrogens with zero attached hydrogens (tertiary/aromatic N) is 4. The van der Waals surface area contributed by atoms with Gasteiger partial charge in [0.2, 0.25) is 5.95 Å². The lowest BCUT2D eigenvalue weighted by atomic mass is 10.1. The Kier molecular flexibility index (Phi) is 5.25. The van der Waals surface area contributed by atoms with Gasteiger partial charge in [0.15, 0.2) is 11.2 Å². The van der Waals surface area contributed by atoms with E-state index in [1.54, 1.807) is 23.7 Å². The monoisotopic (exact) mass is 406 g/mol. The van der Waals surface area contributed by atoms with Gasteiger partial charge in [0.05, 0.1) is 6.21 Å². The largest absolute Gasteiger partial charge is 0.329 e. The average molecular weight is 406 g/mol. The lowest BCUT2D eigenvalue weighted by molar-refractivity contribution is 0.628. The van der Waals surface area contributed by atoms with Gasteiger partial charge in [-0.2, -0.15) is 10.1 Å². The number of anilines is 1. The Bertz CT molecular complexity index is 1320. The van der Waals surface area contributed by atoms with E-state index in [-0.39, 0.29) is 17.0 Å². The van der Waals surface area contributed by atoms with Crippen LogP contribution in [0.15, 0.2) is 69.3 Å². The Labute approximate surface area is 170 Å². The maximum absolute atomic E-state index is 13.0. The minimum atomic E-state index is -0.540. The van der Waals surface area contributed by atoms with Crippen LogP contribution in [-0.4, -0.2) is 25.3 Å². The van der Waals surface area contributed by atoms with Gasteiger partial charge in [-0.15, -0.1) is 0 Å². The van der Waals surface area contributed by atoms with Gasteiger partial charge in [0.1, 0.15) is 5.82 Å². The first-order chi connectivity index (χ1) is 14.5. The van der Waals surface area contributed by atoms with Gasteiger partial charge >= 0.3 is 5.69 Å². The Morgan fingerprint density at radius 2 is 1.87 bits per heavy atom. The summed E-state index contributed by atoms with van der Waals surface area (Å²) in [5.41, 5.74) is 4.12. The van der Waals surface area contributed by atoms with Crippen LogP contribution in [0.3, 0.4) is 0 Å². The number of H-pyrrole nitrogens is 1. The number of halogens is 1. The van der Waals surface area contributed by atoms with Gasteiger partial charge < -0.3 is 4.57 Å². The first kappa shape index (κ1) is 19.3. The molecule has 152 valence electrons. The molecule has 8 nitrogen and oxygen atoms in total. The number of hydrogen-bond donors (Lipinski definition) is 2. The fourth-order valence-corrected chi connectivity index (χ4v) is 3.14. The molecule has 9 heteroatoms. The highest BCUT2D eigenvalue weighted by Gasteiger charge is 2.17. The average Bonchev–Trinajstić information content (AvgIpc) is 3.12. The molecular formula is C21H19FN6O2. The Morgan fingerprint density at radius 3 is 2.60 bits per heavy atom. The maximum Gasteiger partial charge on any atom is 0.329 e. The van der Waals surface area contributed by atoms with Crippen LogP contribution in [0, 0.1) is 5.82 Å². The predicted molar refractivity (Wildman–Crippen MR) is 113 cm³/mol. The SMILES string of the molecule is Cn1c(=O)[nH]c(=O)c2c1nc(NN=Cc1ccc(F)cc1)n2CCc1ccccc1. The molecule has 0 saturated heterocycles. The lowest BCUT2D eigenvalue weighted by Crippen LogP contribution is -2.29. The number of hydrogen-bond acceptors (Lipinski definition) is 5. The minimum absolute atomic E-state index is 0.260. The Morgan fingerprint density at radius 1 is 1.13 bits per heavy atom. The van der Waals surface area contributed by atoms with Crippen molar-refractivity contribution in [1.29, 1.82) is 0 Å². The van der Waals surface area contributed by atoms with Gasteiger partial charge in [0.25, 0.3) is 5.56 Å². The normalized spacial score (nSPS) is 11.4. The van der Waals surface area contributed by atoms with Gasteiger partial charge in [-0.1, -0.05) is 42.5 Å². The number of fused-ring (bicyclic) bond motifs is 1. The van der Waals surface area contributed by atoms with E-state index in [4.69, 9.17) is 0 Å². The molecule has 0 aliphatic rings. The van der Waals surface area contributed by atoms with E-state index < -0.39 is 11.2 Å². The number of benzene rings is 2. The molecular weight excluding hydrogens is 387 g/mol. The zero-order valence-corrected chi connectivity index (χ0v) is 16.2. The molecule has 0 aliphatic carbocycles. The summed E-state index contributed by atoms with van der Waals surface area (Å²) in [6, 6.07) is 15.7. The molecule has 2 heterocycles. The third kappa shape index (κ3) is 3.90. The number of hydrazone groups is 1. The smallest absolute Gasteiger partial charge is 0.303 e. The van der Waals surface area contributed by atoms with Crippen LogP contribution in [0.2, 0.25) is 0 Å². The van der Waals surface area contributed by atoms with Crippen molar-refractivity contribution in [3.8, 4) is 0 Å². The standard InChI is InChI=1S/C21H19FN6O2/c1-27-18-17(19(29)25-21(27)30)28(12-11-14-5-3-2-4-6-14)20(24-18)26-23-13-15-7-9-16(22)10-8-15/h2-10,13H,11-12H2,1H3,(H,24,26)(H,25,29,30). The molecule has 2 aromatic heterocycles. The summed E-state index contributed by atoms with van der Waals surface area (Å²) in [6.45, 7) is 0.455. The molecule has 0 aliphatic heterocycles. The number of nitrogens with one attached hydrogen (secondary N) is 2. The second-order valence-electron chi connectivity index (χ2n) is 6.73. The molecule has 0 fully saturated rings. The first-order valence-corrected chi connectivity index (χ1v) is 9.31. The van der Waals surface area contributed by atoms with Crippen molar-refractivity contribution < 1.29 is 4.39 Å². The highest BCUT2D eigenvalue weighted by molar-refractivity contribution is 5.80. The summed E-state index contributed by atoms with van der Waals surface area (Å²) in [5.74, 6) is -0.00560. The minimum Gasteiger partial charge on any atom is -0.303 e. The van der Waals surface area contributed by atoms with E-state index in [2.05, 4.69) is 20.5 Å². The number of aromatic amines is 1. The van der Waals surface area contributed by atoms with Crippen molar-refractivity contribution >= 4 is 23.3 Å². The highest BCUT2D eigenvalue weighted by Crippen LogP contribution is 2.16. The van der Waals surface area contributed by atoms with Crippen molar-refractivity contribution in [2.45, 2.75) is 13.0 Å². The number of imidazole rings is 1. The van der Waals surface area contributed by atoms with Crippen LogP contribution < -0.4 is 16.7 Å².